The Kier molecular flexibility index (Phi) is 7.23. The zero-order valence-electron chi connectivity index (χ0n) is 9.32. The fourth-order valence-corrected chi connectivity index (χ4v) is 0.992. The van der Waals surface area contributed by atoms with Gasteiger partial charge in [-0.05, 0) is 18.4 Å². The molecule has 0 aromatic carbocycles. The van der Waals surface area contributed by atoms with E-state index in [1.165, 1.54) is 6.42 Å². The second-order valence-corrected chi connectivity index (χ2v) is 4.60. The third kappa shape index (κ3) is 11.9. The summed E-state index contributed by atoms with van der Waals surface area (Å²) >= 11 is 0. The molecule has 0 aromatic rings. The summed E-state index contributed by atoms with van der Waals surface area (Å²) in [6.45, 7) is 11.6. The minimum atomic E-state index is 0.442. The average Bonchev–Trinajstić information content (AvgIpc) is 2.01. The molecule has 4 N–H and O–H groups in total. The van der Waals surface area contributed by atoms with Crippen LogP contribution in [0.15, 0.2) is 0 Å². The SMILES string of the molecule is CC(C)(C)CCNCCNCCN. The van der Waals surface area contributed by atoms with Gasteiger partial charge in [-0.3, -0.25) is 0 Å². The van der Waals surface area contributed by atoms with E-state index in [4.69, 9.17) is 5.73 Å². The van der Waals surface area contributed by atoms with Crippen molar-refractivity contribution in [2.45, 2.75) is 27.2 Å². The molecule has 0 saturated carbocycles. The van der Waals surface area contributed by atoms with Crippen LogP contribution in [-0.2, 0) is 0 Å². The molecule has 0 atom stereocenters. The van der Waals surface area contributed by atoms with Gasteiger partial charge in [0.2, 0.25) is 0 Å². The van der Waals surface area contributed by atoms with Gasteiger partial charge >= 0.3 is 0 Å². The first kappa shape index (κ1) is 12.9. The molecule has 80 valence electrons. The molecule has 0 amide bonds. The Hall–Kier alpha value is -0.120. The van der Waals surface area contributed by atoms with Crippen molar-refractivity contribution in [3.63, 3.8) is 0 Å². The molecule has 0 aliphatic carbocycles. The van der Waals surface area contributed by atoms with Crippen LogP contribution < -0.4 is 16.4 Å². The lowest BCUT2D eigenvalue weighted by molar-refractivity contribution is 0.367. The number of nitrogens with one attached hydrogen (secondary N) is 2. The first-order valence-electron chi connectivity index (χ1n) is 5.18. The van der Waals surface area contributed by atoms with E-state index >= 15 is 0 Å². The van der Waals surface area contributed by atoms with E-state index in [-0.39, 0.29) is 0 Å². The fraction of sp³-hybridized carbons (Fsp3) is 1.00. The summed E-state index contributed by atoms with van der Waals surface area (Å²) in [6, 6.07) is 0. The quantitative estimate of drug-likeness (QED) is 0.510. The summed E-state index contributed by atoms with van der Waals surface area (Å²) in [7, 11) is 0. The summed E-state index contributed by atoms with van der Waals surface area (Å²) in [5, 5.41) is 6.64. The molecular formula is C10H25N3. The molecule has 3 nitrogen and oxygen atoms in total. The van der Waals surface area contributed by atoms with Crippen molar-refractivity contribution < 1.29 is 0 Å². The summed E-state index contributed by atoms with van der Waals surface area (Å²) in [5.41, 5.74) is 5.79. The van der Waals surface area contributed by atoms with Crippen molar-refractivity contribution in [1.29, 1.82) is 0 Å². The summed E-state index contributed by atoms with van der Waals surface area (Å²) in [4.78, 5) is 0. The summed E-state index contributed by atoms with van der Waals surface area (Å²) in [5.74, 6) is 0. The van der Waals surface area contributed by atoms with Gasteiger partial charge < -0.3 is 16.4 Å². The average molecular weight is 187 g/mol. The first-order valence-corrected chi connectivity index (χ1v) is 5.18. The lowest BCUT2D eigenvalue weighted by atomic mass is 9.92. The van der Waals surface area contributed by atoms with Gasteiger partial charge in [0.1, 0.15) is 0 Å². The van der Waals surface area contributed by atoms with Gasteiger partial charge in [-0.15, -0.1) is 0 Å². The van der Waals surface area contributed by atoms with E-state index in [1.54, 1.807) is 0 Å². The van der Waals surface area contributed by atoms with E-state index in [1.807, 2.05) is 0 Å². The van der Waals surface area contributed by atoms with Crippen LogP contribution >= 0.6 is 0 Å². The van der Waals surface area contributed by atoms with Gasteiger partial charge in [0.05, 0.1) is 0 Å². The van der Waals surface area contributed by atoms with Crippen molar-refractivity contribution >= 4 is 0 Å². The second kappa shape index (κ2) is 7.30. The number of hydrogen-bond acceptors (Lipinski definition) is 3. The van der Waals surface area contributed by atoms with Crippen LogP contribution in [0.3, 0.4) is 0 Å². The van der Waals surface area contributed by atoms with Crippen LogP contribution in [0.2, 0.25) is 0 Å². The highest BCUT2D eigenvalue weighted by Gasteiger charge is 2.08. The van der Waals surface area contributed by atoms with E-state index < -0.39 is 0 Å². The van der Waals surface area contributed by atoms with E-state index in [0.29, 0.717) is 5.41 Å². The largest absolute Gasteiger partial charge is 0.329 e. The Morgan fingerprint density at radius 3 is 1.92 bits per heavy atom. The maximum Gasteiger partial charge on any atom is 0.00772 e. The van der Waals surface area contributed by atoms with E-state index in [2.05, 4.69) is 31.4 Å². The normalized spacial score (nSPS) is 12.0. The highest BCUT2D eigenvalue weighted by molar-refractivity contribution is 4.63. The van der Waals surface area contributed by atoms with Crippen LogP contribution in [0.1, 0.15) is 27.2 Å². The fourth-order valence-electron chi connectivity index (χ4n) is 0.992. The minimum absolute atomic E-state index is 0.442. The van der Waals surface area contributed by atoms with Crippen LogP contribution in [0.5, 0.6) is 0 Å². The van der Waals surface area contributed by atoms with Gasteiger partial charge in [-0.2, -0.15) is 0 Å². The summed E-state index contributed by atoms with van der Waals surface area (Å²) < 4.78 is 0. The smallest absolute Gasteiger partial charge is 0.00772 e. The Labute approximate surface area is 82.5 Å². The number of rotatable bonds is 7. The molecule has 0 unspecified atom stereocenters. The van der Waals surface area contributed by atoms with Crippen molar-refractivity contribution in [1.82, 2.24) is 10.6 Å². The Bertz CT molecular complexity index is 107. The minimum Gasteiger partial charge on any atom is -0.329 e. The predicted octanol–water partition coefficient (Wildman–Crippen LogP) is 0.561. The molecule has 0 spiro atoms. The van der Waals surface area contributed by atoms with Crippen LogP contribution in [0.4, 0.5) is 0 Å². The summed E-state index contributed by atoms with van der Waals surface area (Å²) in [6.07, 6.45) is 1.23. The second-order valence-electron chi connectivity index (χ2n) is 4.60. The predicted molar refractivity (Wildman–Crippen MR) is 58.9 cm³/mol. The molecule has 13 heavy (non-hydrogen) atoms. The molecule has 0 rings (SSSR count). The number of nitrogens with two attached hydrogens (primary N) is 1. The van der Waals surface area contributed by atoms with Crippen LogP contribution in [-0.4, -0.2) is 32.7 Å². The van der Waals surface area contributed by atoms with Crippen LogP contribution in [0.25, 0.3) is 0 Å². The molecule has 0 fully saturated rings. The van der Waals surface area contributed by atoms with Gasteiger partial charge in [0, 0.05) is 26.2 Å². The maximum atomic E-state index is 5.34. The van der Waals surface area contributed by atoms with E-state index in [0.717, 1.165) is 32.7 Å². The molecule has 0 radical (unpaired) electrons. The van der Waals surface area contributed by atoms with E-state index in [9.17, 15) is 0 Å². The molecule has 0 aliphatic rings. The molecular weight excluding hydrogens is 162 g/mol. The standard InChI is InChI=1S/C10H25N3/c1-10(2,3)4-6-12-8-9-13-7-5-11/h12-13H,4-9,11H2,1-3H3. The Morgan fingerprint density at radius 2 is 1.46 bits per heavy atom. The van der Waals surface area contributed by atoms with Gasteiger partial charge in [-0.1, -0.05) is 20.8 Å². The van der Waals surface area contributed by atoms with Gasteiger partial charge in [0.25, 0.3) is 0 Å². The maximum absolute atomic E-state index is 5.34. The molecule has 3 heteroatoms. The van der Waals surface area contributed by atoms with Crippen molar-refractivity contribution in [3.05, 3.63) is 0 Å². The topological polar surface area (TPSA) is 50.1 Å². The number of hydrogen-bond donors (Lipinski definition) is 3. The zero-order chi connectivity index (χ0) is 10.2. The van der Waals surface area contributed by atoms with Crippen molar-refractivity contribution in [2.24, 2.45) is 11.1 Å². The highest BCUT2D eigenvalue weighted by atomic mass is 14.9. The molecule has 0 bridgehead atoms. The molecule has 0 aliphatic heterocycles. The lowest BCUT2D eigenvalue weighted by Crippen LogP contribution is -2.32. The first-order chi connectivity index (χ1) is 6.06. The Morgan fingerprint density at radius 1 is 0.923 bits per heavy atom. The Balaban J connectivity index is 3.00. The van der Waals surface area contributed by atoms with Crippen LogP contribution in [0, 0.1) is 5.41 Å². The lowest BCUT2D eigenvalue weighted by Gasteiger charge is -2.18. The van der Waals surface area contributed by atoms with Crippen molar-refractivity contribution in [2.75, 3.05) is 32.7 Å². The zero-order valence-corrected chi connectivity index (χ0v) is 9.32. The van der Waals surface area contributed by atoms with Gasteiger partial charge in [-0.25, -0.2) is 0 Å². The third-order valence-corrected chi connectivity index (χ3v) is 1.85. The molecule has 0 saturated heterocycles. The van der Waals surface area contributed by atoms with Crippen molar-refractivity contribution in [3.8, 4) is 0 Å². The van der Waals surface area contributed by atoms with Gasteiger partial charge in [0.15, 0.2) is 0 Å². The molecule has 0 aromatic heterocycles. The third-order valence-electron chi connectivity index (χ3n) is 1.85. The molecule has 0 heterocycles. The highest BCUT2D eigenvalue weighted by Crippen LogP contribution is 2.16. The monoisotopic (exact) mass is 187 g/mol.